The highest BCUT2D eigenvalue weighted by Crippen LogP contribution is 2.35. The number of nitrogens with zero attached hydrogens (tertiary/aromatic N) is 3. The molecule has 0 bridgehead atoms. The van der Waals surface area contributed by atoms with Crippen LogP contribution in [-0.4, -0.2) is 34.4 Å². The maximum absolute atomic E-state index is 13.1. The van der Waals surface area contributed by atoms with E-state index < -0.39 is 0 Å². The number of phenolic OH excluding ortho intramolecular Hbond substituents is 1. The lowest BCUT2D eigenvalue weighted by molar-refractivity contribution is -0.122. The third-order valence-electron chi connectivity index (χ3n) is 4.45. The molecule has 7 nitrogen and oxygen atoms in total. The molecule has 2 heterocycles. The van der Waals surface area contributed by atoms with Gasteiger partial charge in [0.15, 0.2) is 5.17 Å². The predicted molar refractivity (Wildman–Crippen MR) is 121 cm³/mol. The van der Waals surface area contributed by atoms with Crippen LogP contribution in [0, 0.1) is 0 Å². The number of para-hydroxylation sites is 1. The molecule has 1 fully saturated rings. The van der Waals surface area contributed by atoms with E-state index in [4.69, 9.17) is 9.15 Å². The lowest BCUT2D eigenvalue weighted by Crippen LogP contribution is -2.28. The van der Waals surface area contributed by atoms with Crippen LogP contribution in [0.2, 0.25) is 0 Å². The summed E-state index contributed by atoms with van der Waals surface area (Å²) in [5.74, 6) is 1.31. The quantitative estimate of drug-likeness (QED) is 0.351. The molecule has 1 saturated heterocycles. The summed E-state index contributed by atoms with van der Waals surface area (Å²) in [6.07, 6.45) is 4.91. The Hall–Kier alpha value is -3.78. The normalized spacial score (nSPS) is 16.7. The van der Waals surface area contributed by atoms with E-state index in [9.17, 15) is 9.90 Å². The zero-order chi connectivity index (χ0) is 21.6. The van der Waals surface area contributed by atoms with Crippen molar-refractivity contribution in [3.8, 4) is 11.5 Å². The second kappa shape index (κ2) is 9.36. The van der Waals surface area contributed by atoms with Crippen LogP contribution in [-0.2, 0) is 11.3 Å². The predicted octanol–water partition coefficient (Wildman–Crippen LogP) is 4.50. The van der Waals surface area contributed by atoms with Gasteiger partial charge in [-0.3, -0.25) is 9.69 Å². The van der Waals surface area contributed by atoms with Crippen LogP contribution in [0.3, 0.4) is 0 Å². The highest BCUT2D eigenvalue weighted by atomic mass is 32.2. The van der Waals surface area contributed by atoms with Crippen molar-refractivity contribution in [1.29, 1.82) is 0 Å². The molecule has 2 aromatic carbocycles. The number of furan rings is 1. The molecule has 1 aliphatic heterocycles. The van der Waals surface area contributed by atoms with Crippen molar-refractivity contribution < 1.29 is 19.1 Å². The number of hydrogen-bond donors (Lipinski definition) is 1. The second-order valence-corrected chi connectivity index (χ2v) is 7.55. The van der Waals surface area contributed by atoms with Gasteiger partial charge in [0.1, 0.15) is 17.3 Å². The second-order valence-electron chi connectivity index (χ2n) is 6.54. The molecule has 1 amide bonds. The number of thioether (sulfide) groups is 1. The van der Waals surface area contributed by atoms with Crippen LogP contribution in [0.15, 0.2) is 86.5 Å². The number of phenols is 1. The Labute approximate surface area is 183 Å². The SMILES string of the molecule is COc1ccccc1/C=C1\S/C(=N/N=C\c2ccc(O)cc2)N(Cc2ccco2)C1=O. The van der Waals surface area contributed by atoms with Crippen molar-refractivity contribution >= 4 is 35.1 Å². The molecule has 1 aromatic heterocycles. The highest BCUT2D eigenvalue weighted by Gasteiger charge is 2.34. The van der Waals surface area contributed by atoms with E-state index in [1.807, 2.05) is 24.3 Å². The molecule has 0 aliphatic carbocycles. The molecule has 31 heavy (non-hydrogen) atoms. The first-order valence-electron chi connectivity index (χ1n) is 9.41. The summed E-state index contributed by atoms with van der Waals surface area (Å²) < 4.78 is 10.8. The van der Waals surface area contributed by atoms with Gasteiger partial charge in [-0.25, -0.2) is 0 Å². The first-order valence-corrected chi connectivity index (χ1v) is 10.2. The van der Waals surface area contributed by atoms with Crippen molar-refractivity contribution in [2.75, 3.05) is 7.11 Å². The fourth-order valence-electron chi connectivity index (χ4n) is 2.91. The van der Waals surface area contributed by atoms with Crippen LogP contribution in [0.4, 0.5) is 0 Å². The molecule has 156 valence electrons. The van der Waals surface area contributed by atoms with Crippen LogP contribution in [0.25, 0.3) is 6.08 Å². The Morgan fingerprint density at radius 2 is 1.94 bits per heavy atom. The summed E-state index contributed by atoms with van der Waals surface area (Å²) in [5, 5.41) is 18.2. The van der Waals surface area contributed by atoms with E-state index in [0.717, 1.165) is 11.1 Å². The minimum atomic E-state index is -0.189. The molecule has 0 saturated carbocycles. The van der Waals surface area contributed by atoms with E-state index in [2.05, 4.69) is 10.2 Å². The lowest BCUT2D eigenvalue weighted by atomic mass is 10.2. The Balaban J connectivity index is 1.63. The van der Waals surface area contributed by atoms with E-state index in [0.29, 0.717) is 21.6 Å². The molecular formula is C23H19N3O4S. The van der Waals surface area contributed by atoms with Gasteiger partial charge in [0, 0.05) is 5.56 Å². The van der Waals surface area contributed by atoms with E-state index in [1.165, 1.54) is 16.7 Å². The average molecular weight is 433 g/mol. The number of rotatable bonds is 6. The highest BCUT2D eigenvalue weighted by molar-refractivity contribution is 8.18. The summed E-state index contributed by atoms with van der Waals surface area (Å²) in [5.41, 5.74) is 1.58. The van der Waals surface area contributed by atoms with Gasteiger partial charge >= 0.3 is 0 Å². The number of benzene rings is 2. The monoisotopic (exact) mass is 433 g/mol. The topological polar surface area (TPSA) is 87.6 Å². The third kappa shape index (κ3) is 4.87. The summed E-state index contributed by atoms with van der Waals surface area (Å²) in [7, 11) is 1.59. The van der Waals surface area contributed by atoms with Crippen LogP contribution in [0.1, 0.15) is 16.9 Å². The number of carbonyl (C=O) groups excluding carboxylic acids is 1. The van der Waals surface area contributed by atoms with Gasteiger partial charge in [-0.05, 0) is 65.9 Å². The van der Waals surface area contributed by atoms with Crippen molar-refractivity contribution in [1.82, 2.24) is 4.90 Å². The third-order valence-corrected chi connectivity index (χ3v) is 5.45. The van der Waals surface area contributed by atoms with Crippen molar-refractivity contribution in [3.05, 3.63) is 88.7 Å². The van der Waals surface area contributed by atoms with Gasteiger partial charge in [-0.2, -0.15) is 5.10 Å². The zero-order valence-electron chi connectivity index (χ0n) is 16.6. The molecule has 1 aliphatic rings. The van der Waals surface area contributed by atoms with E-state index in [1.54, 1.807) is 62.1 Å². The Bertz CT molecular complexity index is 1150. The largest absolute Gasteiger partial charge is 0.508 e. The minimum Gasteiger partial charge on any atom is -0.508 e. The fraction of sp³-hybridized carbons (Fsp3) is 0.0870. The van der Waals surface area contributed by atoms with Gasteiger partial charge in [0.25, 0.3) is 5.91 Å². The number of carbonyl (C=O) groups is 1. The standard InChI is InChI=1S/C23H19N3O4S/c1-29-20-7-3-2-5-17(20)13-21-22(28)26(15-19-6-4-12-30-19)23(31-21)25-24-14-16-8-10-18(27)11-9-16/h2-14,27H,15H2,1H3/b21-13-,24-14-,25-23+. The number of ether oxygens (including phenoxy) is 1. The Morgan fingerprint density at radius 3 is 2.68 bits per heavy atom. The molecule has 4 rings (SSSR count). The molecule has 1 N–H and O–H groups in total. The first kappa shape index (κ1) is 20.5. The van der Waals surface area contributed by atoms with Crippen molar-refractivity contribution in [3.63, 3.8) is 0 Å². The molecule has 3 aromatic rings. The number of amides is 1. The van der Waals surface area contributed by atoms with E-state index >= 15 is 0 Å². The molecule has 8 heteroatoms. The maximum Gasteiger partial charge on any atom is 0.267 e. The lowest BCUT2D eigenvalue weighted by Gasteiger charge is -2.12. The Morgan fingerprint density at radius 1 is 1.13 bits per heavy atom. The number of methoxy groups -OCH3 is 1. The van der Waals surface area contributed by atoms with Gasteiger partial charge < -0.3 is 14.3 Å². The molecule has 0 atom stereocenters. The average Bonchev–Trinajstić information content (AvgIpc) is 3.40. The van der Waals surface area contributed by atoms with Gasteiger partial charge in [-0.15, -0.1) is 5.10 Å². The van der Waals surface area contributed by atoms with Crippen molar-refractivity contribution in [2.24, 2.45) is 10.2 Å². The molecular weight excluding hydrogens is 414 g/mol. The minimum absolute atomic E-state index is 0.177. The summed E-state index contributed by atoms with van der Waals surface area (Å²) in [6, 6.07) is 17.6. The Kier molecular flexibility index (Phi) is 6.18. The zero-order valence-corrected chi connectivity index (χ0v) is 17.5. The fourth-order valence-corrected chi connectivity index (χ4v) is 3.84. The number of hydrogen-bond acceptors (Lipinski definition) is 7. The van der Waals surface area contributed by atoms with E-state index in [-0.39, 0.29) is 18.2 Å². The van der Waals surface area contributed by atoms with Gasteiger partial charge in [-0.1, -0.05) is 18.2 Å². The molecule has 0 unspecified atom stereocenters. The smallest absolute Gasteiger partial charge is 0.267 e. The summed E-state index contributed by atoms with van der Waals surface area (Å²) in [6.45, 7) is 0.246. The van der Waals surface area contributed by atoms with Crippen molar-refractivity contribution in [2.45, 2.75) is 6.54 Å². The number of amidine groups is 1. The van der Waals surface area contributed by atoms with Crippen LogP contribution < -0.4 is 4.74 Å². The summed E-state index contributed by atoms with van der Waals surface area (Å²) >= 11 is 1.24. The molecule has 0 spiro atoms. The van der Waals surface area contributed by atoms with Gasteiger partial charge in [0.05, 0.1) is 31.0 Å². The first-order chi connectivity index (χ1) is 15.1. The van der Waals surface area contributed by atoms with Gasteiger partial charge in [0.2, 0.25) is 0 Å². The van der Waals surface area contributed by atoms with Crippen LogP contribution >= 0.6 is 11.8 Å². The maximum atomic E-state index is 13.1. The summed E-state index contributed by atoms with van der Waals surface area (Å²) in [4.78, 5) is 15.1. The van der Waals surface area contributed by atoms with Crippen LogP contribution in [0.5, 0.6) is 11.5 Å². The number of aromatic hydroxyl groups is 1. The molecule has 0 radical (unpaired) electrons.